The van der Waals surface area contributed by atoms with Crippen molar-refractivity contribution < 1.29 is 9.53 Å². The van der Waals surface area contributed by atoms with Crippen molar-refractivity contribution in [1.82, 2.24) is 5.32 Å². The first-order chi connectivity index (χ1) is 10.8. The van der Waals surface area contributed by atoms with Crippen LogP contribution in [0, 0.1) is 5.92 Å². The molecule has 1 heterocycles. The Morgan fingerprint density at radius 1 is 1.14 bits per heavy atom. The second kappa shape index (κ2) is 7.09. The van der Waals surface area contributed by atoms with Gasteiger partial charge < -0.3 is 10.1 Å². The summed E-state index contributed by atoms with van der Waals surface area (Å²) in [4.78, 5) is 12.0. The summed E-state index contributed by atoms with van der Waals surface area (Å²) in [5, 5.41) is 6.12. The number of para-hydroxylation sites is 1. The van der Waals surface area contributed by atoms with Gasteiger partial charge in [0.1, 0.15) is 0 Å². The third-order valence-corrected chi connectivity index (χ3v) is 3.86. The largest absolute Gasteiger partial charge is 0.449 e. The summed E-state index contributed by atoms with van der Waals surface area (Å²) in [6, 6.07) is 17.7. The Bertz CT molecular complexity index is 622. The molecule has 0 bridgehead atoms. The van der Waals surface area contributed by atoms with E-state index in [2.05, 4.69) is 10.6 Å². The first-order valence-corrected chi connectivity index (χ1v) is 7.62. The summed E-state index contributed by atoms with van der Waals surface area (Å²) >= 11 is 0. The van der Waals surface area contributed by atoms with E-state index in [9.17, 15) is 4.79 Å². The summed E-state index contributed by atoms with van der Waals surface area (Å²) in [6.07, 6.45) is 0.670. The van der Waals surface area contributed by atoms with Crippen LogP contribution in [0.15, 0.2) is 54.6 Å². The van der Waals surface area contributed by atoms with E-state index in [1.807, 2.05) is 54.6 Å². The highest BCUT2D eigenvalue weighted by molar-refractivity contribution is 5.91. The van der Waals surface area contributed by atoms with Crippen molar-refractivity contribution in [2.75, 3.05) is 25.0 Å². The molecule has 0 aliphatic carbocycles. The summed E-state index contributed by atoms with van der Waals surface area (Å²) in [5.74, 6) is 0.426. The average molecular weight is 296 g/mol. The molecule has 1 amide bonds. The van der Waals surface area contributed by atoms with Gasteiger partial charge >= 0.3 is 6.09 Å². The van der Waals surface area contributed by atoms with E-state index in [0.717, 1.165) is 36.3 Å². The number of carbonyl (C=O) groups is 1. The van der Waals surface area contributed by atoms with Gasteiger partial charge in [-0.25, -0.2) is 4.79 Å². The van der Waals surface area contributed by atoms with Gasteiger partial charge in [0, 0.05) is 18.0 Å². The second-order valence-corrected chi connectivity index (χ2v) is 5.49. The van der Waals surface area contributed by atoms with Crippen molar-refractivity contribution in [3.63, 3.8) is 0 Å². The molecule has 0 saturated carbocycles. The number of rotatable bonds is 4. The minimum Gasteiger partial charge on any atom is -0.449 e. The van der Waals surface area contributed by atoms with Gasteiger partial charge in [0.25, 0.3) is 0 Å². The number of anilines is 1. The Morgan fingerprint density at radius 3 is 2.68 bits per heavy atom. The number of carbonyl (C=O) groups excluding carboxylic acids is 1. The lowest BCUT2D eigenvalue weighted by Crippen LogP contribution is -2.20. The molecule has 4 nitrogen and oxygen atoms in total. The molecule has 0 aromatic heterocycles. The van der Waals surface area contributed by atoms with Gasteiger partial charge in [-0.1, -0.05) is 48.5 Å². The van der Waals surface area contributed by atoms with Crippen molar-refractivity contribution in [2.24, 2.45) is 5.92 Å². The van der Waals surface area contributed by atoms with Crippen molar-refractivity contribution in [3.05, 3.63) is 54.6 Å². The molecule has 2 aromatic rings. The number of amides is 1. The quantitative estimate of drug-likeness (QED) is 0.907. The Labute approximate surface area is 130 Å². The van der Waals surface area contributed by atoms with Crippen LogP contribution in [0.25, 0.3) is 11.1 Å². The van der Waals surface area contributed by atoms with Gasteiger partial charge in [-0.05, 0) is 24.6 Å². The fraction of sp³-hybridized carbons (Fsp3) is 0.278. The average Bonchev–Trinajstić information content (AvgIpc) is 3.08. The zero-order valence-electron chi connectivity index (χ0n) is 12.4. The molecule has 1 aliphatic heterocycles. The van der Waals surface area contributed by atoms with Crippen LogP contribution in [-0.2, 0) is 4.74 Å². The fourth-order valence-corrected chi connectivity index (χ4v) is 2.66. The first kappa shape index (κ1) is 14.6. The molecular weight excluding hydrogens is 276 g/mol. The van der Waals surface area contributed by atoms with Crippen LogP contribution in [0.5, 0.6) is 0 Å². The lowest BCUT2D eigenvalue weighted by atomic mass is 10.0. The van der Waals surface area contributed by atoms with E-state index in [4.69, 9.17) is 4.74 Å². The molecule has 0 radical (unpaired) electrons. The van der Waals surface area contributed by atoms with E-state index in [-0.39, 0.29) is 0 Å². The molecule has 1 saturated heterocycles. The Hall–Kier alpha value is -2.33. The monoisotopic (exact) mass is 296 g/mol. The van der Waals surface area contributed by atoms with Crippen LogP contribution in [0.4, 0.5) is 10.5 Å². The summed E-state index contributed by atoms with van der Waals surface area (Å²) in [5.41, 5.74) is 2.82. The summed E-state index contributed by atoms with van der Waals surface area (Å²) in [7, 11) is 0. The van der Waals surface area contributed by atoms with E-state index < -0.39 is 6.09 Å². The molecular formula is C18H20N2O2. The number of hydrogen-bond acceptors (Lipinski definition) is 3. The van der Waals surface area contributed by atoms with E-state index in [0.29, 0.717) is 12.5 Å². The van der Waals surface area contributed by atoms with E-state index in [1.54, 1.807) is 0 Å². The van der Waals surface area contributed by atoms with Crippen molar-refractivity contribution in [1.29, 1.82) is 0 Å². The Kier molecular flexibility index (Phi) is 4.71. The zero-order valence-corrected chi connectivity index (χ0v) is 12.4. The summed E-state index contributed by atoms with van der Waals surface area (Å²) in [6.45, 7) is 2.40. The van der Waals surface area contributed by atoms with Crippen molar-refractivity contribution in [3.8, 4) is 11.1 Å². The van der Waals surface area contributed by atoms with Crippen LogP contribution in [0.1, 0.15) is 6.42 Å². The van der Waals surface area contributed by atoms with Gasteiger partial charge in [0.2, 0.25) is 0 Å². The molecule has 2 N–H and O–H groups in total. The molecule has 22 heavy (non-hydrogen) atoms. The molecule has 3 rings (SSSR count). The van der Waals surface area contributed by atoms with Crippen LogP contribution in [0.2, 0.25) is 0 Å². The highest BCUT2D eigenvalue weighted by Crippen LogP contribution is 2.27. The molecule has 1 unspecified atom stereocenters. The number of nitrogens with one attached hydrogen (secondary N) is 2. The number of benzene rings is 2. The number of ether oxygens (including phenoxy) is 1. The van der Waals surface area contributed by atoms with Crippen LogP contribution >= 0.6 is 0 Å². The molecule has 114 valence electrons. The fourth-order valence-electron chi connectivity index (χ4n) is 2.66. The third kappa shape index (κ3) is 3.65. The first-order valence-electron chi connectivity index (χ1n) is 7.62. The predicted octanol–water partition coefficient (Wildman–Crippen LogP) is 3.51. The minimum absolute atomic E-state index is 0.393. The molecule has 1 atom stereocenters. The highest BCUT2D eigenvalue weighted by atomic mass is 16.5. The molecule has 0 spiro atoms. The summed E-state index contributed by atoms with van der Waals surface area (Å²) < 4.78 is 5.33. The maximum absolute atomic E-state index is 12.0. The van der Waals surface area contributed by atoms with Gasteiger partial charge in [0.15, 0.2) is 0 Å². The standard InChI is InChI=1S/C18H20N2O2/c21-18(22-13-14-10-11-19-12-14)20-17-9-5-4-8-16(17)15-6-2-1-3-7-15/h1-9,14,19H,10-13H2,(H,20,21). The maximum atomic E-state index is 12.0. The van der Waals surface area contributed by atoms with E-state index in [1.165, 1.54) is 0 Å². The van der Waals surface area contributed by atoms with E-state index >= 15 is 0 Å². The number of hydrogen-bond donors (Lipinski definition) is 2. The molecule has 1 fully saturated rings. The predicted molar refractivity (Wildman–Crippen MR) is 87.8 cm³/mol. The second-order valence-electron chi connectivity index (χ2n) is 5.49. The third-order valence-electron chi connectivity index (χ3n) is 3.86. The molecule has 2 aromatic carbocycles. The topological polar surface area (TPSA) is 50.4 Å². The maximum Gasteiger partial charge on any atom is 0.411 e. The Balaban J connectivity index is 1.66. The van der Waals surface area contributed by atoms with Gasteiger partial charge in [-0.2, -0.15) is 0 Å². The van der Waals surface area contributed by atoms with Crippen molar-refractivity contribution >= 4 is 11.8 Å². The van der Waals surface area contributed by atoms with Crippen LogP contribution in [-0.4, -0.2) is 25.8 Å². The smallest absolute Gasteiger partial charge is 0.411 e. The minimum atomic E-state index is -0.393. The van der Waals surface area contributed by atoms with Gasteiger partial charge in [0.05, 0.1) is 12.3 Å². The van der Waals surface area contributed by atoms with Crippen molar-refractivity contribution in [2.45, 2.75) is 6.42 Å². The van der Waals surface area contributed by atoms with Crippen LogP contribution in [0.3, 0.4) is 0 Å². The molecule has 4 heteroatoms. The Morgan fingerprint density at radius 2 is 1.91 bits per heavy atom. The van der Waals surface area contributed by atoms with Gasteiger partial charge in [-0.15, -0.1) is 0 Å². The SMILES string of the molecule is O=C(Nc1ccccc1-c1ccccc1)OCC1CCNC1. The molecule has 1 aliphatic rings. The lowest BCUT2D eigenvalue weighted by Gasteiger charge is -2.13. The lowest BCUT2D eigenvalue weighted by molar-refractivity contribution is 0.144. The van der Waals surface area contributed by atoms with Crippen LogP contribution < -0.4 is 10.6 Å². The van der Waals surface area contributed by atoms with Gasteiger partial charge in [-0.3, -0.25) is 5.32 Å². The highest BCUT2D eigenvalue weighted by Gasteiger charge is 2.17. The zero-order chi connectivity index (χ0) is 15.2. The normalized spacial score (nSPS) is 17.2.